The lowest BCUT2D eigenvalue weighted by molar-refractivity contribution is -0.0504. The zero-order valence-corrected chi connectivity index (χ0v) is 13.6. The normalized spacial score (nSPS) is 16.7. The minimum atomic E-state index is -2.89. The van der Waals surface area contributed by atoms with Gasteiger partial charge in [0, 0.05) is 37.8 Å². The minimum absolute atomic E-state index is 0.0643. The van der Waals surface area contributed by atoms with Gasteiger partial charge in [-0.05, 0) is 13.0 Å². The number of carbonyl (C=O) groups excluding carboxylic acids is 1. The molecule has 24 heavy (non-hydrogen) atoms. The van der Waals surface area contributed by atoms with Crippen LogP contribution in [0.4, 0.5) is 13.6 Å². The van der Waals surface area contributed by atoms with Gasteiger partial charge in [0.15, 0.2) is 0 Å². The van der Waals surface area contributed by atoms with Gasteiger partial charge in [-0.25, -0.2) is 4.79 Å². The molecule has 2 rings (SSSR count). The second-order valence-corrected chi connectivity index (χ2v) is 5.55. The number of hydrogen-bond acceptors (Lipinski definition) is 4. The molecule has 1 unspecified atom stereocenters. The van der Waals surface area contributed by atoms with Crippen molar-refractivity contribution in [2.45, 2.75) is 26.1 Å². The van der Waals surface area contributed by atoms with Crippen molar-refractivity contribution in [1.29, 1.82) is 0 Å². The highest BCUT2D eigenvalue weighted by Gasteiger charge is 2.17. The predicted octanol–water partition coefficient (Wildman–Crippen LogP) is 1.81. The van der Waals surface area contributed by atoms with Crippen molar-refractivity contribution in [2.75, 3.05) is 32.8 Å². The van der Waals surface area contributed by atoms with Gasteiger partial charge in [0.2, 0.25) is 0 Å². The highest BCUT2D eigenvalue weighted by atomic mass is 19.3. The van der Waals surface area contributed by atoms with Gasteiger partial charge in [-0.2, -0.15) is 8.78 Å². The van der Waals surface area contributed by atoms with Crippen molar-refractivity contribution in [1.82, 2.24) is 15.5 Å². The molecule has 2 amide bonds. The van der Waals surface area contributed by atoms with E-state index in [-0.39, 0.29) is 24.4 Å². The van der Waals surface area contributed by atoms with E-state index in [0.29, 0.717) is 25.3 Å². The average Bonchev–Trinajstić information content (AvgIpc) is 2.59. The van der Waals surface area contributed by atoms with Crippen LogP contribution in [0.25, 0.3) is 0 Å². The number of carbonyl (C=O) groups is 1. The van der Waals surface area contributed by atoms with E-state index in [9.17, 15) is 13.6 Å². The van der Waals surface area contributed by atoms with Gasteiger partial charge < -0.3 is 20.1 Å². The number of urea groups is 1. The third-order valence-electron chi connectivity index (χ3n) is 3.86. The molecule has 6 nitrogen and oxygen atoms in total. The summed E-state index contributed by atoms with van der Waals surface area (Å²) in [5, 5.41) is 5.44. The summed E-state index contributed by atoms with van der Waals surface area (Å²) >= 11 is 0. The van der Waals surface area contributed by atoms with Gasteiger partial charge >= 0.3 is 12.6 Å². The van der Waals surface area contributed by atoms with E-state index >= 15 is 0 Å². The second kappa shape index (κ2) is 9.39. The second-order valence-electron chi connectivity index (χ2n) is 5.55. The summed E-state index contributed by atoms with van der Waals surface area (Å²) in [6.07, 6.45) is 0. The molecule has 0 bridgehead atoms. The Labute approximate surface area is 140 Å². The summed E-state index contributed by atoms with van der Waals surface area (Å²) in [5.41, 5.74) is 0.495. The molecule has 1 aromatic carbocycles. The number of hydrogen-bond donors (Lipinski definition) is 2. The van der Waals surface area contributed by atoms with Crippen LogP contribution >= 0.6 is 0 Å². The molecule has 0 spiro atoms. The topological polar surface area (TPSA) is 62.8 Å². The molecule has 2 N–H and O–H groups in total. The SMILES string of the molecule is CC(CNC(=O)NCc1ccccc1OC(F)F)N1CCOCC1. The minimum Gasteiger partial charge on any atom is -0.434 e. The predicted molar refractivity (Wildman–Crippen MR) is 85.2 cm³/mol. The van der Waals surface area contributed by atoms with E-state index in [1.807, 2.05) is 6.92 Å². The molecular weight excluding hydrogens is 320 g/mol. The number of amides is 2. The monoisotopic (exact) mass is 343 g/mol. The molecule has 8 heteroatoms. The Hall–Kier alpha value is -1.93. The van der Waals surface area contributed by atoms with Crippen molar-refractivity contribution in [3.63, 3.8) is 0 Å². The Kier molecular flexibility index (Phi) is 7.20. The van der Waals surface area contributed by atoms with Crippen molar-refractivity contribution in [3.8, 4) is 5.75 Å². The Morgan fingerprint density at radius 1 is 1.29 bits per heavy atom. The zero-order chi connectivity index (χ0) is 17.4. The van der Waals surface area contributed by atoms with Crippen LogP contribution in [0.5, 0.6) is 5.75 Å². The lowest BCUT2D eigenvalue weighted by Gasteiger charge is -2.32. The molecule has 1 saturated heterocycles. The molecular formula is C16H23F2N3O3. The van der Waals surface area contributed by atoms with Crippen LogP contribution < -0.4 is 15.4 Å². The Balaban J connectivity index is 1.75. The fraction of sp³-hybridized carbons (Fsp3) is 0.562. The molecule has 1 heterocycles. The van der Waals surface area contributed by atoms with E-state index < -0.39 is 6.61 Å². The lowest BCUT2D eigenvalue weighted by Crippen LogP contribution is -2.48. The summed E-state index contributed by atoms with van der Waals surface area (Å²) < 4.78 is 34.4. The van der Waals surface area contributed by atoms with Crippen molar-refractivity contribution >= 4 is 6.03 Å². The van der Waals surface area contributed by atoms with E-state index in [1.165, 1.54) is 6.07 Å². The van der Waals surface area contributed by atoms with Crippen molar-refractivity contribution in [2.24, 2.45) is 0 Å². The number of rotatable bonds is 7. The molecule has 1 aliphatic heterocycles. The Morgan fingerprint density at radius 2 is 2.00 bits per heavy atom. The lowest BCUT2D eigenvalue weighted by atomic mass is 10.2. The summed E-state index contributed by atoms with van der Waals surface area (Å²) in [5.74, 6) is 0.0643. The number of alkyl halides is 2. The quantitative estimate of drug-likeness (QED) is 0.793. The average molecular weight is 343 g/mol. The van der Waals surface area contributed by atoms with Crippen LogP contribution in [0.2, 0.25) is 0 Å². The first-order valence-corrected chi connectivity index (χ1v) is 7.92. The number of ether oxygens (including phenoxy) is 2. The molecule has 1 aliphatic rings. The summed E-state index contributed by atoms with van der Waals surface area (Å²) in [6, 6.07) is 6.24. The van der Waals surface area contributed by atoms with E-state index in [2.05, 4.69) is 20.3 Å². The van der Waals surface area contributed by atoms with Gasteiger partial charge in [-0.1, -0.05) is 18.2 Å². The fourth-order valence-corrected chi connectivity index (χ4v) is 2.49. The number of halogens is 2. The number of benzene rings is 1. The Morgan fingerprint density at radius 3 is 2.71 bits per heavy atom. The van der Waals surface area contributed by atoms with Crippen molar-refractivity contribution in [3.05, 3.63) is 29.8 Å². The van der Waals surface area contributed by atoms with Crippen LogP contribution in [0.3, 0.4) is 0 Å². The van der Waals surface area contributed by atoms with Gasteiger partial charge in [-0.3, -0.25) is 4.90 Å². The van der Waals surface area contributed by atoms with Crippen LogP contribution in [0, 0.1) is 0 Å². The maximum Gasteiger partial charge on any atom is 0.387 e. The number of para-hydroxylation sites is 1. The van der Waals surface area contributed by atoms with Gasteiger partial charge in [-0.15, -0.1) is 0 Å². The third-order valence-corrected chi connectivity index (χ3v) is 3.86. The molecule has 0 aromatic heterocycles. The molecule has 1 aromatic rings. The molecule has 134 valence electrons. The van der Waals surface area contributed by atoms with Gasteiger partial charge in [0.1, 0.15) is 5.75 Å². The number of nitrogens with one attached hydrogen (secondary N) is 2. The highest BCUT2D eigenvalue weighted by Crippen LogP contribution is 2.19. The van der Waals surface area contributed by atoms with Gasteiger partial charge in [0.25, 0.3) is 0 Å². The fourth-order valence-electron chi connectivity index (χ4n) is 2.49. The number of morpholine rings is 1. The first-order chi connectivity index (χ1) is 11.6. The molecule has 1 atom stereocenters. The van der Waals surface area contributed by atoms with Crippen LogP contribution in [-0.4, -0.2) is 56.4 Å². The molecule has 0 saturated carbocycles. The van der Waals surface area contributed by atoms with Crippen molar-refractivity contribution < 1.29 is 23.0 Å². The molecule has 0 radical (unpaired) electrons. The van der Waals surface area contributed by atoms with Crippen LogP contribution in [0.1, 0.15) is 12.5 Å². The van der Waals surface area contributed by atoms with E-state index in [4.69, 9.17) is 4.74 Å². The van der Waals surface area contributed by atoms with E-state index in [0.717, 1.165) is 13.1 Å². The van der Waals surface area contributed by atoms with Gasteiger partial charge in [0.05, 0.1) is 13.2 Å². The van der Waals surface area contributed by atoms with Crippen LogP contribution in [-0.2, 0) is 11.3 Å². The largest absolute Gasteiger partial charge is 0.434 e. The third kappa shape index (κ3) is 5.93. The summed E-state index contributed by atoms with van der Waals surface area (Å²) in [6.45, 7) is 2.87. The molecule has 1 fully saturated rings. The summed E-state index contributed by atoms with van der Waals surface area (Å²) in [7, 11) is 0. The smallest absolute Gasteiger partial charge is 0.387 e. The molecule has 0 aliphatic carbocycles. The summed E-state index contributed by atoms with van der Waals surface area (Å²) in [4.78, 5) is 14.1. The first kappa shape index (κ1) is 18.4. The van der Waals surface area contributed by atoms with Crippen LogP contribution in [0.15, 0.2) is 24.3 Å². The standard InChI is InChI=1S/C16H23F2N3O3/c1-12(21-6-8-23-9-7-21)10-19-16(22)20-11-13-4-2-3-5-14(13)24-15(17)18/h2-5,12,15H,6-11H2,1H3,(H2,19,20,22). The number of nitrogens with zero attached hydrogens (tertiary/aromatic N) is 1. The maximum absolute atomic E-state index is 12.4. The highest BCUT2D eigenvalue weighted by molar-refractivity contribution is 5.73. The Bertz CT molecular complexity index is 525. The maximum atomic E-state index is 12.4. The first-order valence-electron chi connectivity index (χ1n) is 7.92. The van der Waals surface area contributed by atoms with E-state index in [1.54, 1.807) is 18.2 Å². The zero-order valence-electron chi connectivity index (χ0n) is 13.6.